The van der Waals surface area contributed by atoms with Gasteiger partial charge in [-0.1, -0.05) is 4.85 Å². The summed E-state index contributed by atoms with van der Waals surface area (Å²) in [5.74, 6) is 0.0971. The highest BCUT2D eigenvalue weighted by Gasteiger charge is 2.45. The lowest BCUT2D eigenvalue weighted by Gasteiger charge is -2.19. The van der Waals surface area contributed by atoms with Crippen molar-refractivity contribution in [3.05, 3.63) is 4.85 Å². The van der Waals surface area contributed by atoms with Gasteiger partial charge in [0.25, 0.3) is 12.6 Å². The van der Waals surface area contributed by atoms with Gasteiger partial charge in [-0.3, -0.25) is 10.1 Å². The summed E-state index contributed by atoms with van der Waals surface area (Å²) >= 11 is 0. The van der Waals surface area contributed by atoms with Gasteiger partial charge in [-0.05, 0) is 0 Å². The molecule has 1 spiro atoms. The van der Waals surface area contributed by atoms with Gasteiger partial charge in [-0.15, -0.1) is 0 Å². The van der Waals surface area contributed by atoms with Crippen molar-refractivity contribution >= 4 is 5.91 Å². The molecule has 0 aromatic carbocycles. The van der Waals surface area contributed by atoms with E-state index in [1.54, 1.807) is 0 Å². The predicted octanol–water partition coefficient (Wildman–Crippen LogP) is -0.471. The van der Waals surface area contributed by atoms with E-state index in [1.165, 1.54) is 0 Å². The Morgan fingerprint density at radius 1 is 1.64 bits per heavy atom. The van der Waals surface area contributed by atoms with Crippen molar-refractivity contribution in [2.24, 2.45) is 0 Å². The fraction of sp³-hybridized carbons (Fsp3) is 0.714. The van der Waals surface area contributed by atoms with E-state index in [-0.39, 0.29) is 11.4 Å². The summed E-state index contributed by atoms with van der Waals surface area (Å²) in [6, 6.07) is 2.85. The largest absolute Gasteiger partial charge is 0.342 e. The Kier molecular flexibility index (Phi) is 1.33. The molecule has 1 amide bonds. The van der Waals surface area contributed by atoms with E-state index in [0.717, 1.165) is 6.42 Å². The third-order valence-corrected chi connectivity index (χ3v) is 2.25. The quantitative estimate of drug-likeness (QED) is 0.493. The van der Waals surface area contributed by atoms with Crippen LogP contribution in [-0.2, 0) is 4.79 Å². The average molecular weight is 152 g/mol. The van der Waals surface area contributed by atoms with Crippen molar-refractivity contribution in [2.75, 3.05) is 13.2 Å². The third-order valence-electron chi connectivity index (χ3n) is 2.25. The van der Waals surface area contributed by atoms with Gasteiger partial charge in [0.15, 0.2) is 0 Å². The van der Waals surface area contributed by atoms with Gasteiger partial charge in [0, 0.05) is 0 Å². The molecular weight excluding hydrogens is 142 g/mol. The summed E-state index contributed by atoms with van der Waals surface area (Å²) in [6.45, 7) is 1.29. The molecule has 1 saturated heterocycles. The van der Waals surface area contributed by atoms with Crippen molar-refractivity contribution in [3.63, 3.8) is 0 Å². The first-order valence-corrected chi connectivity index (χ1v) is 3.76. The van der Waals surface area contributed by atoms with Crippen molar-refractivity contribution in [3.8, 4) is 6.07 Å². The summed E-state index contributed by atoms with van der Waals surface area (Å²) in [5.41, 5.74) is -0.373. The molecule has 2 N–H and O–H groups in total. The second-order valence-corrected chi connectivity index (χ2v) is 2.91. The fourth-order valence-electron chi connectivity index (χ4n) is 1.49. The standard InChI is InChI=1S/C7H9N3O/c11-6-7(10-5-9-6)1-3-8-4-2-7/h10H,1-3,5H2/p+1. The van der Waals surface area contributed by atoms with Crippen LogP contribution < -0.4 is 10.6 Å². The van der Waals surface area contributed by atoms with E-state index in [9.17, 15) is 4.79 Å². The van der Waals surface area contributed by atoms with E-state index in [1.807, 2.05) is 0 Å². The number of carbonyl (C=O) groups excluding carboxylic acids is 1. The Morgan fingerprint density at radius 2 is 2.55 bits per heavy atom. The molecule has 0 aromatic heterocycles. The predicted molar refractivity (Wildman–Crippen MR) is 40.2 cm³/mol. The van der Waals surface area contributed by atoms with Crippen LogP contribution in [0.25, 0.3) is 4.85 Å². The van der Waals surface area contributed by atoms with Gasteiger partial charge >= 0.3 is 0 Å². The molecule has 0 aromatic rings. The van der Waals surface area contributed by atoms with Gasteiger partial charge in [-0.2, -0.15) is 0 Å². The second-order valence-electron chi connectivity index (χ2n) is 2.91. The molecule has 0 saturated carbocycles. The van der Waals surface area contributed by atoms with Crippen LogP contribution in [0.4, 0.5) is 0 Å². The topological polar surface area (TPSA) is 45.5 Å². The minimum atomic E-state index is -0.373. The molecule has 2 aliphatic rings. The summed E-state index contributed by atoms with van der Waals surface area (Å²) in [5, 5.41) is 5.89. The van der Waals surface area contributed by atoms with Crippen LogP contribution in [0.1, 0.15) is 12.8 Å². The first kappa shape index (κ1) is 6.62. The molecule has 58 valence electrons. The number of nitrogens with zero attached hydrogens (tertiary/aromatic N) is 1. The molecule has 2 heterocycles. The van der Waals surface area contributed by atoms with Crippen molar-refractivity contribution in [1.29, 1.82) is 0 Å². The van der Waals surface area contributed by atoms with Crippen LogP contribution in [0.15, 0.2) is 0 Å². The zero-order valence-electron chi connectivity index (χ0n) is 6.18. The first-order chi connectivity index (χ1) is 5.33. The number of rotatable bonds is 0. The summed E-state index contributed by atoms with van der Waals surface area (Å²) in [7, 11) is 0. The molecule has 11 heavy (non-hydrogen) atoms. The SMILES string of the molecule is O=C1NCNC12CC#[N+]CC2. The molecule has 0 bridgehead atoms. The van der Waals surface area contributed by atoms with E-state index >= 15 is 0 Å². The maximum Gasteiger partial charge on any atom is 0.275 e. The van der Waals surface area contributed by atoms with Crippen LogP contribution in [-0.4, -0.2) is 24.7 Å². The van der Waals surface area contributed by atoms with E-state index in [2.05, 4.69) is 21.5 Å². The van der Waals surface area contributed by atoms with Crippen LogP contribution >= 0.6 is 0 Å². The third kappa shape index (κ3) is 0.889. The Morgan fingerprint density at radius 3 is 3.09 bits per heavy atom. The van der Waals surface area contributed by atoms with Gasteiger partial charge in [0.2, 0.25) is 5.91 Å². The number of amides is 1. The number of nitrogens with one attached hydrogen (secondary N) is 2. The normalized spacial score (nSPS) is 34.7. The summed E-state index contributed by atoms with van der Waals surface area (Å²) in [4.78, 5) is 15.3. The smallest absolute Gasteiger partial charge is 0.275 e. The Bertz CT molecular complexity index is 252. The molecule has 1 atom stereocenters. The molecule has 1 unspecified atom stereocenters. The van der Waals surface area contributed by atoms with Gasteiger partial charge in [0.1, 0.15) is 12.0 Å². The lowest BCUT2D eigenvalue weighted by Crippen LogP contribution is -2.47. The fourth-order valence-corrected chi connectivity index (χ4v) is 1.49. The van der Waals surface area contributed by atoms with E-state index < -0.39 is 0 Å². The second kappa shape index (κ2) is 2.21. The molecule has 2 aliphatic heterocycles. The lowest BCUT2D eigenvalue weighted by molar-refractivity contribution is -0.124. The van der Waals surface area contributed by atoms with E-state index in [4.69, 9.17) is 0 Å². The number of hydrogen-bond acceptors (Lipinski definition) is 2. The molecule has 2 rings (SSSR count). The molecule has 0 aliphatic carbocycles. The highest BCUT2D eigenvalue weighted by Crippen LogP contribution is 2.21. The molecule has 0 radical (unpaired) electrons. The van der Waals surface area contributed by atoms with Gasteiger partial charge in [0.05, 0.1) is 13.1 Å². The minimum Gasteiger partial charge on any atom is -0.342 e. The van der Waals surface area contributed by atoms with Crippen LogP contribution in [0.5, 0.6) is 0 Å². The molecular formula is C7H10N3O+. The monoisotopic (exact) mass is 152 g/mol. The van der Waals surface area contributed by atoms with Gasteiger partial charge < -0.3 is 5.32 Å². The van der Waals surface area contributed by atoms with E-state index in [0.29, 0.717) is 19.6 Å². The Balaban J connectivity index is 2.23. The molecule has 4 nitrogen and oxygen atoms in total. The highest BCUT2D eigenvalue weighted by molar-refractivity contribution is 5.88. The minimum absolute atomic E-state index is 0.0971. The summed E-state index contributed by atoms with van der Waals surface area (Å²) in [6.07, 6.45) is 1.41. The maximum absolute atomic E-state index is 11.3. The van der Waals surface area contributed by atoms with Crippen molar-refractivity contribution < 1.29 is 4.79 Å². The van der Waals surface area contributed by atoms with Crippen LogP contribution in [0.2, 0.25) is 0 Å². The number of carbonyl (C=O) groups is 1. The van der Waals surface area contributed by atoms with Crippen LogP contribution in [0, 0.1) is 6.07 Å². The Hall–Kier alpha value is -1.08. The average Bonchev–Trinajstić information content (AvgIpc) is 2.36. The Labute approximate surface area is 64.8 Å². The van der Waals surface area contributed by atoms with Crippen LogP contribution in [0.3, 0.4) is 0 Å². The number of hydrogen-bond donors (Lipinski definition) is 2. The lowest BCUT2D eigenvalue weighted by atomic mass is 9.91. The highest BCUT2D eigenvalue weighted by atomic mass is 16.2. The first-order valence-electron chi connectivity index (χ1n) is 3.76. The molecule has 4 heteroatoms. The zero-order valence-corrected chi connectivity index (χ0v) is 6.18. The summed E-state index contributed by atoms with van der Waals surface area (Å²) < 4.78 is 0. The van der Waals surface area contributed by atoms with Crippen molar-refractivity contribution in [2.45, 2.75) is 18.4 Å². The maximum atomic E-state index is 11.3. The van der Waals surface area contributed by atoms with Crippen molar-refractivity contribution in [1.82, 2.24) is 10.6 Å². The van der Waals surface area contributed by atoms with Gasteiger partial charge in [-0.25, -0.2) is 0 Å². The zero-order chi connectivity index (χ0) is 7.73. The molecule has 1 fully saturated rings.